The first-order valence-electron chi connectivity index (χ1n) is 9.26. The number of nitrogens with one attached hydrogen (secondary N) is 1. The Bertz CT molecular complexity index is 782. The molecule has 0 spiro atoms. The molecule has 0 bridgehead atoms. The van der Waals surface area contributed by atoms with Crippen LogP contribution in [0.25, 0.3) is 11.1 Å². The number of hydrogen-bond donors (Lipinski definition) is 2. The fraction of sp³-hybridized carbons (Fsp3) is 0.381. The van der Waals surface area contributed by atoms with Gasteiger partial charge in [-0.25, -0.2) is 4.79 Å². The smallest absolute Gasteiger partial charge is 0.405 e. The number of carboxylic acid groups (broad SMARTS) is 1. The molecule has 1 atom stereocenters. The predicted octanol–water partition coefficient (Wildman–Crippen LogP) is 3.84. The Labute approximate surface area is 153 Å². The van der Waals surface area contributed by atoms with E-state index in [1.165, 1.54) is 22.4 Å². The minimum atomic E-state index is -0.953. The fourth-order valence-electron chi connectivity index (χ4n) is 3.98. The summed E-state index contributed by atoms with van der Waals surface area (Å²) in [4.78, 5) is 13.4. The molecule has 2 aromatic rings. The van der Waals surface area contributed by atoms with Crippen LogP contribution in [0.5, 0.6) is 0 Å². The molecule has 2 aromatic carbocycles. The van der Waals surface area contributed by atoms with Crippen LogP contribution in [0, 0.1) is 0 Å². The van der Waals surface area contributed by atoms with Crippen LogP contribution in [0.1, 0.15) is 30.0 Å². The molecule has 0 aromatic heterocycles. The van der Waals surface area contributed by atoms with E-state index in [4.69, 9.17) is 9.84 Å². The highest BCUT2D eigenvalue weighted by Crippen LogP contribution is 2.33. The summed E-state index contributed by atoms with van der Waals surface area (Å²) in [6.45, 7) is 3.46. The minimum Gasteiger partial charge on any atom is -0.465 e. The molecule has 1 aliphatic carbocycles. The van der Waals surface area contributed by atoms with Crippen LogP contribution in [0.3, 0.4) is 0 Å². The van der Waals surface area contributed by atoms with Crippen LogP contribution in [-0.2, 0) is 11.2 Å². The maximum atomic E-state index is 11.0. The third-order valence-corrected chi connectivity index (χ3v) is 5.33. The number of ether oxygens (including phenoxy) is 1. The summed E-state index contributed by atoms with van der Waals surface area (Å²) < 4.78 is 5.42. The van der Waals surface area contributed by atoms with E-state index >= 15 is 0 Å². The van der Waals surface area contributed by atoms with Gasteiger partial charge in [0.1, 0.15) is 0 Å². The molecule has 136 valence electrons. The Morgan fingerprint density at radius 3 is 2.54 bits per heavy atom. The summed E-state index contributed by atoms with van der Waals surface area (Å²) in [5.41, 5.74) is 5.99. The van der Waals surface area contributed by atoms with E-state index < -0.39 is 6.09 Å². The average Bonchev–Trinajstić information content (AvgIpc) is 2.68. The molecule has 4 rings (SSSR count). The van der Waals surface area contributed by atoms with Gasteiger partial charge < -0.3 is 20.1 Å². The lowest BCUT2D eigenvalue weighted by Crippen LogP contribution is -2.36. The number of fused-ring (bicyclic) bond motifs is 1. The number of carbonyl (C=O) groups is 1. The summed E-state index contributed by atoms with van der Waals surface area (Å²) in [5.74, 6) is 0. The molecule has 5 heteroatoms. The van der Waals surface area contributed by atoms with Crippen molar-refractivity contribution in [2.75, 3.05) is 31.2 Å². The Hall–Kier alpha value is -2.53. The zero-order valence-corrected chi connectivity index (χ0v) is 14.8. The van der Waals surface area contributed by atoms with E-state index in [1.807, 2.05) is 0 Å². The standard InChI is InChI=1S/C21H24N2O3/c24-21(25)22-20-3-1-2-17-14-16(6-9-19(17)20)15-4-7-18(8-5-15)23-10-12-26-13-11-23/h4-9,14,20,22H,1-3,10-13H2,(H,24,25). The molecule has 2 N–H and O–H groups in total. The van der Waals surface area contributed by atoms with E-state index in [-0.39, 0.29) is 6.04 Å². The summed E-state index contributed by atoms with van der Waals surface area (Å²) in [7, 11) is 0. The van der Waals surface area contributed by atoms with Crippen molar-refractivity contribution in [3.8, 4) is 11.1 Å². The van der Waals surface area contributed by atoms with Crippen LogP contribution < -0.4 is 10.2 Å². The second-order valence-electron chi connectivity index (χ2n) is 6.95. The predicted molar refractivity (Wildman–Crippen MR) is 102 cm³/mol. The van der Waals surface area contributed by atoms with Gasteiger partial charge in [-0.15, -0.1) is 0 Å². The van der Waals surface area contributed by atoms with Crippen molar-refractivity contribution in [2.45, 2.75) is 25.3 Å². The number of anilines is 1. The van der Waals surface area contributed by atoms with E-state index in [9.17, 15) is 4.79 Å². The van der Waals surface area contributed by atoms with Crippen molar-refractivity contribution in [3.05, 3.63) is 53.6 Å². The van der Waals surface area contributed by atoms with E-state index in [2.05, 4.69) is 52.7 Å². The third kappa shape index (κ3) is 3.53. The van der Waals surface area contributed by atoms with E-state index in [0.29, 0.717) is 0 Å². The lowest BCUT2D eigenvalue weighted by molar-refractivity contribution is 0.122. The van der Waals surface area contributed by atoms with Crippen molar-refractivity contribution >= 4 is 11.8 Å². The monoisotopic (exact) mass is 352 g/mol. The summed E-state index contributed by atoms with van der Waals surface area (Å²) in [6, 6.07) is 15.0. The van der Waals surface area contributed by atoms with E-state index in [1.54, 1.807) is 0 Å². The Balaban J connectivity index is 1.55. The number of morpholine rings is 1. The van der Waals surface area contributed by atoms with Crippen molar-refractivity contribution in [2.24, 2.45) is 0 Å². The van der Waals surface area contributed by atoms with Gasteiger partial charge in [-0.1, -0.05) is 30.3 Å². The highest BCUT2D eigenvalue weighted by molar-refractivity contribution is 5.69. The molecule has 1 unspecified atom stereocenters. The zero-order valence-electron chi connectivity index (χ0n) is 14.8. The van der Waals surface area contributed by atoms with Crippen molar-refractivity contribution < 1.29 is 14.6 Å². The van der Waals surface area contributed by atoms with Crippen molar-refractivity contribution in [1.29, 1.82) is 0 Å². The van der Waals surface area contributed by atoms with Crippen LogP contribution in [0.15, 0.2) is 42.5 Å². The second-order valence-corrected chi connectivity index (χ2v) is 6.95. The lowest BCUT2D eigenvalue weighted by atomic mass is 9.86. The first-order valence-corrected chi connectivity index (χ1v) is 9.26. The van der Waals surface area contributed by atoms with Crippen LogP contribution in [0.2, 0.25) is 0 Å². The van der Waals surface area contributed by atoms with Crippen LogP contribution in [-0.4, -0.2) is 37.5 Å². The maximum Gasteiger partial charge on any atom is 0.405 e. The first-order chi connectivity index (χ1) is 12.7. The number of hydrogen-bond acceptors (Lipinski definition) is 3. The quantitative estimate of drug-likeness (QED) is 0.881. The summed E-state index contributed by atoms with van der Waals surface area (Å²) >= 11 is 0. The number of nitrogens with zero attached hydrogens (tertiary/aromatic N) is 1. The molecular formula is C21H24N2O3. The molecule has 1 saturated heterocycles. The Morgan fingerprint density at radius 1 is 1.08 bits per heavy atom. The number of benzene rings is 2. The molecule has 5 nitrogen and oxygen atoms in total. The highest BCUT2D eigenvalue weighted by atomic mass is 16.5. The SMILES string of the molecule is O=C(O)NC1CCCc2cc(-c3ccc(N4CCOCC4)cc3)ccc21. The molecule has 1 amide bonds. The minimum absolute atomic E-state index is 0.0889. The molecule has 2 aliphatic rings. The van der Waals surface area contributed by atoms with Gasteiger partial charge in [-0.05, 0) is 53.6 Å². The largest absolute Gasteiger partial charge is 0.465 e. The number of rotatable bonds is 3. The summed E-state index contributed by atoms with van der Waals surface area (Å²) in [5, 5.41) is 11.7. The molecular weight excluding hydrogens is 328 g/mol. The third-order valence-electron chi connectivity index (χ3n) is 5.33. The fourth-order valence-corrected chi connectivity index (χ4v) is 3.98. The van der Waals surface area contributed by atoms with Gasteiger partial charge in [0.2, 0.25) is 0 Å². The van der Waals surface area contributed by atoms with Crippen molar-refractivity contribution in [3.63, 3.8) is 0 Å². The molecule has 26 heavy (non-hydrogen) atoms. The molecule has 0 radical (unpaired) electrons. The molecule has 1 fully saturated rings. The number of amides is 1. The van der Waals surface area contributed by atoms with E-state index in [0.717, 1.165) is 51.1 Å². The van der Waals surface area contributed by atoms with Gasteiger partial charge in [0, 0.05) is 18.8 Å². The second kappa shape index (κ2) is 7.38. The maximum absolute atomic E-state index is 11.0. The average molecular weight is 352 g/mol. The first kappa shape index (κ1) is 16.9. The van der Waals surface area contributed by atoms with Gasteiger partial charge in [0.25, 0.3) is 0 Å². The molecule has 0 saturated carbocycles. The summed E-state index contributed by atoms with van der Waals surface area (Å²) in [6.07, 6.45) is 1.93. The molecule has 1 aliphatic heterocycles. The van der Waals surface area contributed by atoms with Crippen LogP contribution >= 0.6 is 0 Å². The zero-order chi connectivity index (χ0) is 17.9. The van der Waals surface area contributed by atoms with Gasteiger partial charge >= 0.3 is 6.09 Å². The van der Waals surface area contributed by atoms with Gasteiger partial charge in [0.15, 0.2) is 0 Å². The Morgan fingerprint density at radius 2 is 1.81 bits per heavy atom. The van der Waals surface area contributed by atoms with Crippen LogP contribution in [0.4, 0.5) is 10.5 Å². The van der Waals surface area contributed by atoms with Gasteiger partial charge in [-0.2, -0.15) is 0 Å². The topological polar surface area (TPSA) is 61.8 Å². The van der Waals surface area contributed by atoms with Crippen molar-refractivity contribution in [1.82, 2.24) is 5.32 Å². The highest BCUT2D eigenvalue weighted by Gasteiger charge is 2.22. The molecule has 1 heterocycles. The lowest BCUT2D eigenvalue weighted by Gasteiger charge is -2.29. The van der Waals surface area contributed by atoms with Gasteiger partial charge in [-0.3, -0.25) is 0 Å². The number of aryl methyl sites for hydroxylation is 1. The van der Waals surface area contributed by atoms with Gasteiger partial charge in [0.05, 0.1) is 19.3 Å². The Kier molecular flexibility index (Phi) is 4.80. The normalized spacial score (nSPS) is 19.7.